The molecule has 0 radical (unpaired) electrons. The van der Waals surface area contributed by atoms with Crippen LogP contribution in [0.2, 0.25) is 0 Å². The lowest BCUT2D eigenvalue weighted by molar-refractivity contribution is 0.469. The number of hydrogen-bond acceptors (Lipinski definition) is 1. The molecule has 1 N–H and O–H groups in total. The highest BCUT2D eigenvalue weighted by Gasteiger charge is 1.93. The zero-order valence-corrected chi connectivity index (χ0v) is 13.2. The van der Waals surface area contributed by atoms with E-state index in [4.69, 9.17) is 5.11 Å². The quantitative estimate of drug-likeness (QED) is 0.252. The van der Waals surface area contributed by atoms with Gasteiger partial charge < -0.3 is 5.11 Å². The number of aliphatic hydroxyl groups is 1. The zero-order chi connectivity index (χ0) is 14.0. The summed E-state index contributed by atoms with van der Waals surface area (Å²) < 4.78 is 0. The van der Waals surface area contributed by atoms with Crippen LogP contribution in [0.4, 0.5) is 0 Å². The van der Waals surface area contributed by atoms with Gasteiger partial charge in [-0.15, -0.1) is 0 Å². The summed E-state index contributed by atoms with van der Waals surface area (Å²) in [5.74, 6) is 0. The van der Waals surface area contributed by atoms with E-state index in [1.807, 2.05) is 6.08 Å². The van der Waals surface area contributed by atoms with Gasteiger partial charge in [0, 0.05) is 0 Å². The maximum atomic E-state index is 8.49. The Hall–Kier alpha value is -0.460. The van der Waals surface area contributed by atoms with Crippen molar-refractivity contribution in [3.05, 3.63) is 12.3 Å². The van der Waals surface area contributed by atoms with Crippen molar-refractivity contribution in [2.24, 2.45) is 0 Å². The van der Waals surface area contributed by atoms with Crippen LogP contribution in [0, 0.1) is 0 Å². The second-order valence-electron chi connectivity index (χ2n) is 5.77. The molecule has 0 unspecified atom stereocenters. The van der Waals surface area contributed by atoms with Crippen molar-refractivity contribution < 1.29 is 5.11 Å². The van der Waals surface area contributed by atoms with Gasteiger partial charge in [-0.3, -0.25) is 0 Å². The molecule has 0 fully saturated rings. The first-order chi connectivity index (χ1) is 9.41. The highest BCUT2D eigenvalue weighted by Crippen LogP contribution is 2.13. The molecule has 0 aromatic rings. The van der Waals surface area contributed by atoms with Crippen LogP contribution in [-0.4, -0.2) is 5.11 Å². The molecular weight excluding hydrogens is 232 g/mol. The second-order valence-corrected chi connectivity index (χ2v) is 5.77. The molecule has 0 rings (SSSR count). The van der Waals surface area contributed by atoms with E-state index in [2.05, 4.69) is 6.92 Å². The van der Waals surface area contributed by atoms with E-state index < -0.39 is 0 Å². The first-order valence-electron chi connectivity index (χ1n) is 8.71. The van der Waals surface area contributed by atoms with Gasteiger partial charge in [0.25, 0.3) is 0 Å². The fraction of sp³-hybridized carbons (Fsp3) is 0.889. The van der Waals surface area contributed by atoms with Crippen LogP contribution < -0.4 is 0 Å². The molecule has 0 heterocycles. The Kier molecular flexibility index (Phi) is 17.1. The maximum Gasteiger partial charge on any atom is 0.0751 e. The number of allylic oxidation sites excluding steroid dienone is 1. The summed E-state index contributed by atoms with van der Waals surface area (Å²) in [4.78, 5) is 0. The van der Waals surface area contributed by atoms with Crippen molar-refractivity contribution in [3.63, 3.8) is 0 Å². The standard InChI is InChI=1S/C18H36O/c1-2-3-4-5-6-7-8-9-10-11-12-13-14-15-16-17-18-19/h17-19H,2-16H2,1H3/b18-17+. The van der Waals surface area contributed by atoms with Crippen LogP contribution in [0.5, 0.6) is 0 Å². The largest absolute Gasteiger partial charge is 0.516 e. The summed E-state index contributed by atoms with van der Waals surface area (Å²) >= 11 is 0. The minimum atomic E-state index is 1.04. The fourth-order valence-electron chi connectivity index (χ4n) is 2.53. The van der Waals surface area contributed by atoms with Gasteiger partial charge in [-0.2, -0.15) is 0 Å². The molecule has 114 valence electrons. The van der Waals surface area contributed by atoms with Gasteiger partial charge in [0.2, 0.25) is 0 Å². The third-order valence-corrected chi connectivity index (χ3v) is 3.83. The fourth-order valence-corrected chi connectivity index (χ4v) is 2.53. The molecular formula is C18H36O. The molecule has 1 heteroatoms. The Morgan fingerprint density at radius 3 is 1.32 bits per heavy atom. The number of unbranched alkanes of at least 4 members (excludes halogenated alkanes) is 14. The zero-order valence-electron chi connectivity index (χ0n) is 13.2. The predicted molar refractivity (Wildman–Crippen MR) is 86.7 cm³/mol. The van der Waals surface area contributed by atoms with E-state index in [-0.39, 0.29) is 0 Å². The van der Waals surface area contributed by atoms with Crippen molar-refractivity contribution in [1.82, 2.24) is 0 Å². The molecule has 0 atom stereocenters. The number of hydrogen-bond donors (Lipinski definition) is 1. The van der Waals surface area contributed by atoms with Gasteiger partial charge >= 0.3 is 0 Å². The minimum Gasteiger partial charge on any atom is -0.516 e. The Morgan fingerprint density at radius 2 is 0.947 bits per heavy atom. The highest BCUT2D eigenvalue weighted by molar-refractivity contribution is 4.70. The molecule has 0 spiro atoms. The van der Waals surface area contributed by atoms with E-state index in [1.165, 1.54) is 96.2 Å². The highest BCUT2D eigenvalue weighted by atomic mass is 16.2. The molecule has 0 aliphatic carbocycles. The van der Waals surface area contributed by atoms with E-state index in [0.717, 1.165) is 6.42 Å². The lowest BCUT2D eigenvalue weighted by Gasteiger charge is -2.02. The Morgan fingerprint density at radius 1 is 0.579 bits per heavy atom. The van der Waals surface area contributed by atoms with Crippen LogP contribution in [0.3, 0.4) is 0 Å². The summed E-state index contributed by atoms with van der Waals surface area (Å²) in [7, 11) is 0. The summed E-state index contributed by atoms with van der Waals surface area (Å²) in [6.07, 6.45) is 23.7. The van der Waals surface area contributed by atoms with E-state index >= 15 is 0 Å². The molecule has 19 heavy (non-hydrogen) atoms. The maximum absolute atomic E-state index is 8.49. The molecule has 0 saturated carbocycles. The summed E-state index contributed by atoms with van der Waals surface area (Å²) in [6.45, 7) is 2.28. The topological polar surface area (TPSA) is 20.2 Å². The van der Waals surface area contributed by atoms with Crippen LogP contribution in [0.1, 0.15) is 103 Å². The molecule has 0 bridgehead atoms. The average molecular weight is 268 g/mol. The smallest absolute Gasteiger partial charge is 0.0751 e. The summed E-state index contributed by atoms with van der Waals surface area (Å²) in [5, 5.41) is 8.49. The van der Waals surface area contributed by atoms with Gasteiger partial charge in [-0.05, 0) is 12.8 Å². The SMILES string of the molecule is CCCCCCCCCCCCCCCC/C=C/O. The van der Waals surface area contributed by atoms with Gasteiger partial charge in [-0.1, -0.05) is 96.5 Å². The summed E-state index contributed by atoms with van der Waals surface area (Å²) in [6, 6.07) is 0. The molecule has 0 aromatic heterocycles. The van der Waals surface area contributed by atoms with Crippen LogP contribution in [0.25, 0.3) is 0 Å². The lowest BCUT2D eigenvalue weighted by Crippen LogP contribution is -1.83. The van der Waals surface area contributed by atoms with Crippen LogP contribution >= 0.6 is 0 Å². The van der Waals surface area contributed by atoms with Gasteiger partial charge in [-0.25, -0.2) is 0 Å². The monoisotopic (exact) mass is 268 g/mol. The van der Waals surface area contributed by atoms with Crippen molar-refractivity contribution in [2.75, 3.05) is 0 Å². The molecule has 0 saturated heterocycles. The first kappa shape index (κ1) is 18.5. The average Bonchev–Trinajstić information content (AvgIpc) is 2.43. The lowest BCUT2D eigenvalue weighted by atomic mass is 10.0. The Bertz CT molecular complexity index is 175. The van der Waals surface area contributed by atoms with Crippen LogP contribution in [-0.2, 0) is 0 Å². The normalized spacial score (nSPS) is 11.4. The Labute approximate surface area is 121 Å². The van der Waals surface area contributed by atoms with Gasteiger partial charge in [0.1, 0.15) is 0 Å². The van der Waals surface area contributed by atoms with Gasteiger partial charge in [0.05, 0.1) is 6.26 Å². The van der Waals surface area contributed by atoms with Crippen molar-refractivity contribution in [2.45, 2.75) is 103 Å². The molecule has 0 amide bonds. The minimum absolute atomic E-state index is 1.04. The van der Waals surface area contributed by atoms with E-state index in [0.29, 0.717) is 0 Å². The van der Waals surface area contributed by atoms with Crippen molar-refractivity contribution in [1.29, 1.82) is 0 Å². The van der Waals surface area contributed by atoms with Crippen molar-refractivity contribution >= 4 is 0 Å². The van der Waals surface area contributed by atoms with Crippen LogP contribution in [0.15, 0.2) is 12.3 Å². The van der Waals surface area contributed by atoms with Crippen molar-refractivity contribution in [3.8, 4) is 0 Å². The Balaban J connectivity index is 2.91. The third kappa shape index (κ3) is 17.5. The molecule has 0 aromatic carbocycles. The molecule has 0 aliphatic heterocycles. The van der Waals surface area contributed by atoms with E-state index in [9.17, 15) is 0 Å². The second kappa shape index (κ2) is 17.5. The first-order valence-corrected chi connectivity index (χ1v) is 8.71. The molecule has 0 aliphatic rings. The molecule has 1 nitrogen and oxygen atoms in total. The third-order valence-electron chi connectivity index (χ3n) is 3.83. The van der Waals surface area contributed by atoms with E-state index in [1.54, 1.807) is 0 Å². The van der Waals surface area contributed by atoms with Gasteiger partial charge in [0.15, 0.2) is 0 Å². The summed E-state index contributed by atoms with van der Waals surface area (Å²) in [5.41, 5.74) is 0. The number of rotatable bonds is 15. The number of aliphatic hydroxyl groups excluding tert-OH is 1. The predicted octanol–water partition coefficient (Wildman–Crippen LogP) is 6.93.